The first-order valence-corrected chi connectivity index (χ1v) is 8.06. The molecule has 0 aliphatic heterocycles. The first kappa shape index (κ1) is 17.6. The standard InChI is InChI=1S/C17H29FN2O/c1-3-4-5-6-7-8-9-10-11-20-16-13-17(21-2)14(18)12-15(16)19/h12-13,20H,3-11,19H2,1-2H3. The Hall–Kier alpha value is -1.45. The number of unbranched alkanes of at least 4 members (excludes halogenated alkanes) is 7. The third kappa shape index (κ3) is 6.69. The highest BCUT2D eigenvalue weighted by Gasteiger charge is 2.07. The Labute approximate surface area is 128 Å². The molecule has 0 saturated carbocycles. The van der Waals surface area contributed by atoms with Crippen molar-refractivity contribution in [1.29, 1.82) is 0 Å². The molecule has 3 N–H and O–H groups in total. The topological polar surface area (TPSA) is 47.3 Å². The first-order chi connectivity index (χ1) is 10.2. The lowest BCUT2D eigenvalue weighted by Crippen LogP contribution is -2.05. The molecule has 1 aromatic carbocycles. The zero-order valence-electron chi connectivity index (χ0n) is 13.4. The molecule has 120 valence electrons. The third-order valence-corrected chi connectivity index (χ3v) is 3.67. The van der Waals surface area contributed by atoms with Gasteiger partial charge in [0.25, 0.3) is 0 Å². The van der Waals surface area contributed by atoms with Gasteiger partial charge >= 0.3 is 0 Å². The number of rotatable bonds is 11. The van der Waals surface area contributed by atoms with E-state index in [2.05, 4.69) is 12.2 Å². The number of ether oxygens (including phenoxy) is 1. The van der Waals surface area contributed by atoms with Crippen LogP contribution in [0.3, 0.4) is 0 Å². The molecule has 0 atom stereocenters. The molecule has 0 bridgehead atoms. The van der Waals surface area contributed by atoms with Gasteiger partial charge in [-0.05, 0) is 6.42 Å². The molecule has 1 aromatic rings. The Balaban J connectivity index is 2.18. The average molecular weight is 296 g/mol. The zero-order chi connectivity index (χ0) is 15.5. The van der Waals surface area contributed by atoms with E-state index in [-0.39, 0.29) is 5.75 Å². The molecular formula is C17H29FN2O. The normalized spacial score (nSPS) is 10.6. The number of hydrogen-bond acceptors (Lipinski definition) is 3. The maximum absolute atomic E-state index is 13.4. The lowest BCUT2D eigenvalue weighted by Gasteiger charge is -2.11. The van der Waals surface area contributed by atoms with Crippen LogP contribution in [0.1, 0.15) is 58.3 Å². The minimum atomic E-state index is -0.423. The summed E-state index contributed by atoms with van der Waals surface area (Å²) >= 11 is 0. The Kier molecular flexibility index (Phi) is 8.63. The van der Waals surface area contributed by atoms with Crippen molar-refractivity contribution in [3.63, 3.8) is 0 Å². The van der Waals surface area contributed by atoms with E-state index in [4.69, 9.17) is 10.5 Å². The minimum absolute atomic E-state index is 0.225. The lowest BCUT2D eigenvalue weighted by molar-refractivity contribution is 0.387. The molecule has 0 heterocycles. The van der Waals surface area contributed by atoms with Crippen LogP contribution in [0.15, 0.2) is 12.1 Å². The van der Waals surface area contributed by atoms with Gasteiger partial charge in [-0.15, -0.1) is 0 Å². The minimum Gasteiger partial charge on any atom is -0.494 e. The summed E-state index contributed by atoms with van der Waals surface area (Å²) in [6, 6.07) is 2.92. The molecule has 1 rings (SSSR count). The smallest absolute Gasteiger partial charge is 0.167 e. The molecule has 0 unspecified atom stereocenters. The summed E-state index contributed by atoms with van der Waals surface area (Å²) in [4.78, 5) is 0. The van der Waals surface area contributed by atoms with Crippen LogP contribution in [0.2, 0.25) is 0 Å². The second-order valence-electron chi connectivity index (χ2n) is 5.48. The fourth-order valence-electron chi connectivity index (χ4n) is 2.36. The van der Waals surface area contributed by atoms with Crippen LogP contribution in [0, 0.1) is 5.82 Å². The van der Waals surface area contributed by atoms with Crippen LogP contribution >= 0.6 is 0 Å². The van der Waals surface area contributed by atoms with E-state index >= 15 is 0 Å². The summed E-state index contributed by atoms with van der Waals surface area (Å²) < 4.78 is 18.4. The van der Waals surface area contributed by atoms with Crippen molar-refractivity contribution < 1.29 is 9.13 Å². The van der Waals surface area contributed by atoms with E-state index in [1.54, 1.807) is 6.07 Å². The number of nitrogens with one attached hydrogen (secondary N) is 1. The van der Waals surface area contributed by atoms with Crippen molar-refractivity contribution in [1.82, 2.24) is 0 Å². The molecule has 4 heteroatoms. The maximum Gasteiger partial charge on any atom is 0.167 e. The summed E-state index contributed by atoms with van der Waals surface area (Å²) in [6.45, 7) is 3.09. The molecular weight excluding hydrogens is 267 g/mol. The van der Waals surface area contributed by atoms with E-state index in [0.717, 1.165) is 18.7 Å². The van der Waals surface area contributed by atoms with Crippen molar-refractivity contribution in [3.8, 4) is 5.75 Å². The fourth-order valence-corrected chi connectivity index (χ4v) is 2.36. The fraction of sp³-hybridized carbons (Fsp3) is 0.647. The van der Waals surface area contributed by atoms with Gasteiger partial charge in [0, 0.05) is 18.7 Å². The summed E-state index contributed by atoms with van der Waals surface area (Å²) in [5.41, 5.74) is 6.97. The SMILES string of the molecule is CCCCCCCCCCNc1cc(OC)c(F)cc1N. The average Bonchev–Trinajstić information content (AvgIpc) is 2.47. The molecule has 0 aliphatic rings. The van der Waals surface area contributed by atoms with Gasteiger partial charge in [-0.2, -0.15) is 0 Å². The number of halogens is 1. The highest BCUT2D eigenvalue weighted by atomic mass is 19.1. The molecule has 3 nitrogen and oxygen atoms in total. The van der Waals surface area contributed by atoms with Gasteiger partial charge in [0.2, 0.25) is 0 Å². The second-order valence-corrected chi connectivity index (χ2v) is 5.48. The molecule has 0 spiro atoms. The molecule has 0 aliphatic carbocycles. The van der Waals surface area contributed by atoms with Crippen LogP contribution < -0.4 is 15.8 Å². The predicted molar refractivity (Wildman–Crippen MR) is 88.5 cm³/mol. The molecule has 0 saturated heterocycles. The Morgan fingerprint density at radius 1 is 1.05 bits per heavy atom. The van der Waals surface area contributed by atoms with Gasteiger partial charge in [0.05, 0.1) is 18.5 Å². The van der Waals surface area contributed by atoms with E-state index in [1.807, 2.05) is 0 Å². The van der Waals surface area contributed by atoms with E-state index in [1.165, 1.54) is 58.1 Å². The van der Waals surface area contributed by atoms with Crippen molar-refractivity contribution in [2.24, 2.45) is 0 Å². The Morgan fingerprint density at radius 2 is 1.67 bits per heavy atom. The Morgan fingerprint density at radius 3 is 2.29 bits per heavy atom. The van der Waals surface area contributed by atoms with Crippen molar-refractivity contribution in [2.45, 2.75) is 58.3 Å². The highest BCUT2D eigenvalue weighted by molar-refractivity contribution is 5.68. The van der Waals surface area contributed by atoms with Crippen LogP contribution in [-0.2, 0) is 0 Å². The van der Waals surface area contributed by atoms with Crippen LogP contribution in [0.25, 0.3) is 0 Å². The molecule has 0 fully saturated rings. The number of anilines is 2. The molecule has 21 heavy (non-hydrogen) atoms. The van der Waals surface area contributed by atoms with Gasteiger partial charge < -0.3 is 15.8 Å². The maximum atomic E-state index is 13.4. The van der Waals surface area contributed by atoms with Crippen LogP contribution in [0.5, 0.6) is 5.75 Å². The van der Waals surface area contributed by atoms with Crippen LogP contribution in [0.4, 0.5) is 15.8 Å². The number of benzene rings is 1. The summed E-state index contributed by atoms with van der Waals surface area (Å²) in [5, 5.41) is 3.25. The number of nitrogens with two attached hydrogens (primary N) is 1. The number of nitrogen functional groups attached to an aromatic ring is 1. The van der Waals surface area contributed by atoms with Crippen molar-refractivity contribution in [2.75, 3.05) is 24.7 Å². The predicted octanol–water partition coefficient (Wildman–Crippen LogP) is 4.97. The third-order valence-electron chi connectivity index (χ3n) is 3.67. The van der Waals surface area contributed by atoms with Gasteiger partial charge in [0.1, 0.15) is 0 Å². The van der Waals surface area contributed by atoms with Gasteiger partial charge in [0.15, 0.2) is 11.6 Å². The highest BCUT2D eigenvalue weighted by Crippen LogP contribution is 2.27. The largest absolute Gasteiger partial charge is 0.494 e. The van der Waals surface area contributed by atoms with Crippen LogP contribution in [-0.4, -0.2) is 13.7 Å². The molecule has 0 radical (unpaired) electrons. The van der Waals surface area contributed by atoms with Gasteiger partial charge in [-0.3, -0.25) is 0 Å². The second kappa shape index (κ2) is 10.3. The van der Waals surface area contributed by atoms with E-state index in [9.17, 15) is 4.39 Å². The van der Waals surface area contributed by atoms with Crippen molar-refractivity contribution >= 4 is 11.4 Å². The summed E-state index contributed by atoms with van der Waals surface area (Å²) in [6.07, 6.45) is 10.3. The Bertz CT molecular complexity index is 410. The monoisotopic (exact) mass is 296 g/mol. The van der Waals surface area contributed by atoms with Crippen molar-refractivity contribution in [3.05, 3.63) is 17.9 Å². The summed E-state index contributed by atoms with van der Waals surface area (Å²) in [7, 11) is 1.46. The van der Waals surface area contributed by atoms with E-state index in [0.29, 0.717) is 5.69 Å². The quantitative estimate of drug-likeness (QED) is 0.448. The molecule has 0 aromatic heterocycles. The summed E-state index contributed by atoms with van der Waals surface area (Å²) in [5.74, 6) is -0.199. The molecule has 0 amide bonds. The van der Waals surface area contributed by atoms with E-state index < -0.39 is 5.82 Å². The number of hydrogen-bond donors (Lipinski definition) is 2. The number of methoxy groups -OCH3 is 1. The lowest BCUT2D eigenvalue weighted by atomic mass is 10.1. The van der Waals surface area contributed by atoms with Gasteiger partial charge in [-0.25, -0.2) is 4.39 Å². The van der Waals surface area contributed by atoms with Gasteiger partial charge in [-0.1, -0.05) is 51.9 Å². The first-order valence-electron chi connectivity index (χ1n) is 8.06. The zero-order valence-corrected chi connectivity index (χ0v) is 13.4.